The monoisotopic (exact) mass is 409 g/mol. The first-order valence-electron chi connectivity index (χ1n) is 7.86. The van der Waals surface area contributed by atoms with Crippen LogP contribution in [0.25, 0.3) is 0 Å². The largest absolute Gasteiger partial charge is 0.488 e. The summed E-state index contributed by atoms with van der Waals surface area (Å²) >= 11 is 18.0. The summed E-state index contributed by atoms with van der Waals surface area (Å²) in [6.45, 7) is 0.517. The van der Waals surface area contributed by atoms with Gasteiger partial charge in [-0.2, -0.15) is 0 Å². The van der Waals surface area contributed by atoms with Crippen LogP contribution in [0.2, 0.25) is 15.1 Å². The van der Waals surface area contributed by atoms with Crippen molar-refractivity contribution < 1.29 is 9.13 Å². The van der Waals surface area contributed by atoms with Gasteiger partial charge in [-0.3, -0.25) is 0 Å². The van der Waals surface area contributed by atoms with E-state index < -0.39 is 5.82 Å². The van der Waals surface area contributed by atoms with Crippen LogP contribution in [0, 0.1) is 5.82 Å². The summed E-state index contributed by atoms with van der Waals surface area (Å²) in [6.07, 6.45) is 0. The Morgan fingerprint density at radius 1 is 0.885 bits per heavy atom. The molecule has 0 saturated carbocycles. The van der Waals surface area contributed by atoms with E-state index in [1.54, 1.807) is 36.4 Å². The van der Waals surface area contributed by atoms with E-state index in [1.807, 2.05) is 18.2 Å². The zero-order valence-electron chi connectivity index (χ0n) is 13.6. The number of halogens is 4. The zero-order chi connectivity index (χ0) is 18.5. The van der Waals surface area contributed by atoms with Crippen molar-refractivity contribution in [2.75, 3.05) is 5.32 Å². The lowest BCUT2D eigenvalue weighted by Gasteiger charge is -2.14. The Labute approximate surface area is 166 Å². The number of rotatable bonds is 6. The van der Waals surface area contributed by atoms with Crippen molar-refractivity contribution in [1.82, 2.24) is 0 Å². The van der Waals surface area contributed by atoms with Gasteiger partial charge in [0.25, 0.3) is 0 Å². The summed E-state index contributed by atoms with van der Waals surface area (Å²) in [5.74, 6) is 0.211. The molecular weight excluding hydrogens is 396 g/mol. The van der Waals surface area contributed by atoms with Crippen molar-refractivity contribution >= 4 is 40.5 Å². The third-order valence-electron chi connectivity index (χ3n) is 3.78. The molecule has 3 aromatic rings. The van der Waals surface area contributed by atoms with Gasteiger partial charge >= 0.3 is 0 Å². The Bertz CT molecular complexity index is 880. The third-order valence-corrected chi connectivity index (χ3v) is 4.62. The summed E-state index contributed by atoms with van der Waals surface area (Å²) in [4.78, 5) is 0. The molecule has 0 spiro atoms. The zero-order valence-corrected chi connectivity index (χ0v) is 15.9. The van der Waals surface area contributed by atoms with Crippen LogP contribution < -0.4 is 10.1 Å². The molecular formula is C20H15Cl3FNO. The van der Waals surface area contributed by atoms with Crippen LogP contribution in [0.4, 0.5) is 10.1 Å². The third kappa shape index (κ3) is 4.82. The number of anilines is 1. The molecule has 0 aromatic heterocycles. The Hall–Kier alpha value is -1.94. The maximum absolute atomic E-state index is 13.9. The van der Waals surface area contributed by atoms with Crippen LogP contribution in [-0.2, 0) is 13.2 Å². The summed E-state index contributed by atoms with van der Waals surface area (Å²) in [5.41, 5.74) is 2.08. The molecule has 3 rings (SSSR count). The minimum Gasteiger partial charge on any atom is -0.488 e. The van der Waals surface area contributed by atoms with Crippen molar-refractivity contribution in [2.45, 2.75) is 13.2 Å². The molecule has 0 aliphatic carbocycles. The first-order chi connectivity index (χ1) is 12.5. The number of benzene rings is 3. The van der Waals surface area contributed by atoms with Gasteiger partial charge in [-0.15, -0.1) is 0 Å². The first-order valence-corrected chi connectivity index (χ1v) is 9.00. The molecule has 0 fully saturated rings. The number of nitrogens with one attached hydrogen (secondary N) is 1. The molecule has 6 heteroatoms. The highest BCUT2D eigenvalue weighted by Gasteiger charge is 2.10. The van der Waals surface area contributed by atoms with Gasteiger partial charge in [0, 0.05) is 33.4 Å². The summed E-state index contributed by atoms with van der Waals surface area (Å²) in [5, 5.41) is 4.87. The van der Waals surface area contributed by atoms with E-state index in [9.17, 15) is 4.39 Å². The van der Waals surface area contributed by atoms with Crippen LogP contribution in [-0.4, -0.2) is 0 Å². The summed E-state index contributed by atoms with van der Waals surface area (Å²) in [7, 11) is 0. The van der Waals surface area contributed by atoms with Crippen LogP contribution in [0.1, 0.15) is 11.1 Å². The highest BCUT2D eigenvalue weighted by molar-refractivity contribution is 6.31. The molecule has 0 aliphatic heterocycles. The molecule has 26 heavy (non-hydrogen) atoms. The SMILES string of the molecule is Fc1cccc(Cl)c1COc1ccc(Cl)cc1CNc1ccc(Cl)cc1. The van der Waals surface area contributed by atoms with Crippen molar-refractivity contribution in [3.63, 3.8) is 0 Å². The van der Waals surface area contributed by atoms with Gasteiger partial charge < -0.3 is 10.1 Å². The van der Waals surface area contributed by atoms with Crippen LogP contribution in [0.5, 0.6) is 5.75 Å². The number of ether oxygens (including phenoxy) is 1. The Morgan fingerprint density at radius 2 is 1.62 bits per heavy atom. The van der Waals surface area contributed by atoms with Gasteiger partial charge in [-0.05, 0) is 54.6 Å². The van der Waals surface area contributed by atoms with Gasteiger partial charge in [0.2, 0.25) is 0 Å². The molecule has 0 heterocycles. The standard InChI is InChI=1S/C20H15Cl3FNO/c21-14-4-7-16(8-5-14)25-11-13-10-15(22)6-9-20(13)26-12-17-18(23)2-1-3-19(17)24/h1-10,25H,11-12H2. The van der Waals surface area contributed by atoms with Crippen LogP contribution in [0.3, 0.4) is 0 Å². The second-order valence-electron chi connectivity index (χ2n) is 5.60. The molecule has 2 nitrogen and oxygen atoms in total. The fourth-order valence-corrected chi connectivity index (χ4v) is 2.95. The second-order valence-corrected chi connectivity index (χ2v) is 6.88. The van der Waals surface area contributed by atoms with E-state index in [-0.39, 0.29) is 6.61 Å². The molecule has 0 aliphatic rings. The first kappa shape index (κ1) is 18.8. The van der Waals surface area contributed by atoms with Crippen molar-refractivity contribution in [2.24, 2.45) is 0 Å². The van der Waals surface area contributed by atoms with E-state index in [4.69, 9.17) is 39.5 Å². The maximum Gasteiger partial charge on any atom is 0.131 e. The maximum atomic E-state index is 13.9. The van der Waals surface area contributed by atoms with Gasteiger partial charge in [0.1, 0.15) is 18.2 Å². The Morgan fingerprint density at radius 3 is 2.35 bits per heavy atom. The van der Waals surface area contributed by atoms with Gasteiger partial charge in [0.15, 0.2) is 0 Å². The van der Waals surface area contributed by atoms with Gasteiger partial charge in [-0.1, -0.05) is 40.9 Å². The molecule has 3 aromatic carbocycles. The van der Waals surface area contributed by atoms with Crippen molar-refractivity contribution in [3.8, 4) is 5.75 Å². The predicted octanol–water partition coefficient (Wildman–Crippen LogP) is 6.98. The van der Waals surface area contributed by atoms with Gasteiger partial charge in [-0.25, -0.2) is 4.39 Å². The summed E-state index contributed by atoms with van der Waals surface area (Å²) < 4.78 is 19.7. The Balaban J connectivity index is 1.74. The molecule has 0 radical (unpaired) electrons. The van der Waals surface area contributed by atoms with Gasteiger partial charge in [0.05, 0.1) is 5.02 Å². The highest BCUT2D eigenvalue weighted by Crippen LogP contribution is 2.27. The quantitative estimate of drug-likeness (QED) is 0.473. The fourth-order valence-electron chi connectivity index (χ4n) is 2.41. The molecule has 0 unspecified atom stereocenters. The van der Waals surface area contributed by atoms with E-state index in [2.05, 4.69) is 5.32 Å². The predicted molar refractivity (Wildman–Crippen MR) is 106 cm³/mol. The molecule has 1 N–H and O–H groups in total. The smallest absolute Gasteiger partial charge is 0.131 e. The molecule has 0 amide bonds. The number of hydrogen-bond acceptors (Lipinski definition) is 2. The van der Waals surface area contributed by atoms with E-state index >= 15 is 0 Å². The second kappa shape index (κ2) is 8.63. The van der Waals surface area contributed by atoms with E-state index in [1.165, 1.54) is 6.07 Å². The van der Waals surface area contributed by atoms with E-state index in [0.717, 1.165) is 11.3 Å². The van der Waals surface area contributed by atoms with Crippen molar-refractivity contribution in [1.29, 1.82) is 0 Å². The minimum atomic E-state index is -0.396. The lowest BCUT2D eigenvalue weighted by Crippen LogP contribution is -2.05. The lowest BCUT2D eigenvalue weighted by molar-refractivity contribution is 0.297. The average Bonchev–Trinajstić information content (AvgIpc) is 2.62. The fraction of sp³-hybridized carbons (Fsp3) is 0.100. The number of hydrogen-bond donors (Lipinski definition) is 1. The average molecular weight is 411 g/mol. The summed E-state index contributed by atoms with van der Waals surface area (Å²) in [6, 6.07) is 17.2. The topological polar surface area (TPSA) is 21.3 Å². The molecule has 0 bridgehead atoms. The van der Waals surface area contributed by atoms with Crippen LogP contribution in [0.15, 0.2) is 60.7 Å². The van der Waals surface area contributed by atoms with Crippen LogP contribution >= 0.6 is 34.8 Å². The highest BCUT2D eigenvalue weighted by atomic mass is 35.5. The molecule has 134 valence electrons. The Kier molecular flexibility index (Phi) is 6.25. The van der Waals surface area contributed by atoms with Crippen molar-refractivity contribution in [3.05, 3.63) is 92.7 Å². The molecule has 0 saturated heterocycles. The van der Waals surface area contributed by atoms with E-state index in [0.29, 0.717) is 32.9 Å². The lowest BCUT2D eigenvalue weighted by atomic mass is 10.2. The normalized spacial score (nSPS) is 10.6. The molecule has 0 atom stereocenters. The minimum absolute atomic E-state index is 0.0289.